The van der Waals surface area contributed by atoms with Crippen molar-refractivity contribution in [3.63, 3.8) is 0 Å². The van der Waals surface area contributed by atoms with Gasteiger partial charge in [-0.2, -0.15) is 0 Å². The van der Waals surface area contributed by atoms with Gasteiger partial charge in [-0.15, -0.1) is 10.2 Å². The van der Waals surface area contributed by atoms with Crippen LogP contribution in [-0.4, -0.2) is 50.2 Å². The van der Waals surface area contributed by atoms with E-state index >= 15 is 0 Å². The van der Waals surface area contributed by atoms with Gasteiger partial charge in [-0.25, -0.2) is 8.42 Å². The van der Waals surface area contributed by atoms with Crippen molar-refractivity contribution >= 4 is 61.4 Å². The number of nitrogens with one attached hydrogen (secondary N) is 1. The van der Waals surface area contributed by atoms with Gasteiger partial charge < -0.3 is 4.74 Å². The first-order chi connectivity index (χ1) is 12.7. The molecular weight excluding hydrogens is 432 g/mol. The van der Waals surface area contributed by atoms with Crippen LogP contribution in [0.15, 0.2) is 22.5 Å². The van der Waals surface area contributed by atoms with E-state index in [0.29, 0.717) is 15.2 Å². The van der Waals surface area contributed by atoms with Gasteiger partial charge in [0, 0.05) is 0 Å². The van der Waals surface area contributed by atoms with E-state index in [4.69, 9.17) is 16.3 Å². The average Bonchev–Trinajstić information content (AvgIpc) is 3.05. The van der Waals surface area contributed by atoms with E-state index in [1.165, 1.54) is 36.3 Å². The molecule has 2 rings (SSSR count). The summed E-state index contributed by atoms with van der Waals surface area (Å²) < 4.78 is 31.7. The van der Waals surface area contributed by atoms with E-state index in [0.717, 1.165) is 10.6 Å². The molecule has 2 aromatic rings. The van der Waals surface area contributed by atoms with Crippen molar-refractivity contribution in [3.8, 4) is 5.75 Å². The highest BCUT2D eigenvalue weighted by Gasteiger charge is 2.32. The van der Waals surface area contributed by atoms with Gasteiger partial charge in [-0.05, 0) is 30.9 Å². The lowest BCUT2D eigenvalue weighted by Gasteiger charge is -2.30. The topological polar surface area (TPSA) is 101 Å². The molecule has 1 atom stereocenters. The Hall–Kier alpha value is -1.56. The number of anilines is 2. The van der Waals surface area contributed by atoms with Crippen LogP contribution in [0.3, 0.4) is 0 Å². The maximum atomic E-state index is 12.8. The second kappa shape index (κ2) is 9.09. The molecule has 0 unspecified atom stereocenters. The van der Waals surface area contributed by atoms with Crippen LogP contribution in [0.25, 0.3) is 0 Å². The molecule has 27 heavy (non-hydrogen) atoms. The van der Waals surface area contributed by atoms with Crippen molar-refractivity contribution in [3.05, 3.63) is 23.2 Å². The van der Waals surface area contributed by atoms with E-state index < -0.39 is 22.0 Å². The molecule has 8 nitrogen and oxygen atoms in total. The number of aromatic nitrogens is 2. The molecule has 0 aliphatic carbocycles. The number of benzene rings is 1. The summed E-state index contributed by atoms with van der Waals surface area (Å²) in [4.78, 5) is 12.8. The van der Waals surface area contributed by atoms with Gasteiger partial charge in [0.15, 0.2) is 4.34 Å². The summed E-state index contributed by atoms with van der Waals surface area (Å²) in [6.07, 6.45) is 3.13. The highest BCUT2D eigenvalue weighted by atomic mass is 35.5. The van der Waals surface area contributed by atoms with Crippen molar-refractivity contribution in [2.45, 2.75) is 23.7 Å². The van der Waals surface area contributed by atoms with E-state index in [-0.39, 0.29) is 17.1 Å². The van der Waals surface area contributed by atoms with Crippen LogP contribution in [0, 0.1) is 0 Å². The summed E-state index contributed by atoms with van der Waals surface area (Å²) in [5.74, 6) is -0.0940. The minimum absolute atomic E-state index is 0.243. The lowest BCUT2D eigenvalue weighted by atomic mass is 10.2. The van der Waals surface area contributed by atoms with E-state index in [2.05, 4.69) is 15.5 Å². The average molecular weight is 451 g/mol. The van der Waals surface area contributed by atoms with Gasteiger partial charge >= 0.3 is 0 Å². The zero-order valence-electron chi connectivity index (χ0n) is 15.1. The van der Waals surface area contributed by atoms with Crippen molar-refractivity contribution in [1.29, 1.82) is 0 Å². The molecule has 0 saturated heterocycles. The summed E-state index contributed by atoms with van der Waals surface area (Å²) in [7, 11) is -2.31. The molecule has 0 spiro atoms. The number of sulfonamides is 1. The van der Waals surface area contributed by atoms with Crippen molar-refractivity contribution in [2.24, 2.45) is 0 Å². The molecule has 0 bridgehead atoms. The summed E-state index contributed by atoms with van der Waals surface area (Å²) in [6.45, 7) is 1.72. The smallest absolute Gasteiger partial charge is 0.250 e. The molecular formula is C15H19ClN4O4S3. The third kappa shape index (κ3) is 5.24. The molecule has 1 heterocycles. The number of carbonyl (C=O) groups is 1. The Kier molecular flexibility index (Phi) is 7.32. The molecule has 1 aromatic heterocycles. The molecule has 1 amide bonds. The summed E-state index contributed by atoms with van der Waals surface area (Å²) >= 11 is 8.75. The highest BCUT2D eigenvalue weighted by Crippen LogP contribution is 2.32. The van der Waals surface area contributed by atoms with Crippen LogP contribution < -0.4 is 14.4 Å². The molecule has 12 heteroatoms. The number of nitrogens with zero attached hydrogens (tertiary/aromatic N) is 3. The Labute approximate surface area is 171 Å². The molecule has 0 radical (unpaired) electrons. The Morgan fingerprint density at radius 1 is 1.44 bits per heavy atom. The maximum Gasteiger partial charge on any atom is 0.250 e. The maximum absolute atomic E-state index is 12.8. The van der Waals surface area contributed by atoms with Gasteiger partial charge in [0.25, 0.3) is 0 Å². The minimum Gasteiger partial charge on any atom is -0.495 e. The lowest BCUT2D eigenvalue weighted by molar-refractivity contribution is -0.117. The van der Waals surface area contributed by atoms with E-state index in [1.54, 1.807) is 19.1 Å². The second-order valence-electron chi connectivity index (χ2n) is 5.37. The zero-order chi connectivity index (χ0) is 20.2. The van der Waals surface area contributed by atoms with Crippen molar-refractivity contribution in [2.75, 3.05) is 29.2 Å². The normalized spacial score (nSPS) is 12.5. The van der Waals surface area contributed by atoms with Crippen molar-refractivity contribution < 1.29 is 17.9 Å². The molecule has 1 aromatic carbocycles. The van der Waals surface area contributed by atoms with Crippen LogP contribution in [-0.2, 0) is 14.8 Å². The third-order valence-corrected chi connectivity index (χ3v) is 6.82. The van der Waals surface area contributed by atoms with Gasteiger partial charge in [0.2, 0.25) is 21.1 Å². The molecule has 0 saturated carbocycles. The summed E-state index contributed by atoms with van der Waals surface area (Å²) in [5, 5.41) is 11.0. The number of halogens is 1. The Bertz CT molecular complexity index is 920. The molecule has 1 N–H and O–H groups in total. The Morgan fingerprint density at radius 2 is 2.15 bits per heavy atom. The van der Waals surface area contributed by atoms with Crippen molar-refractivity contribution in [1.82, 2.24) is 10.2 Å². The van der Waals surface area contributed by atoms with Crippen LogP contribution in [0.4, 0.5) is 10.8 Å². The molecule has 0 fully saturated rings. The quantitative estimate of drug-likeness (QED) is 0.487. The largest absolute Gasteiger partial charge is 0.495 e. The van der Waals surface area contributed by atoms with Gasteiger partial charge in [-0.3, -0.25) is 14.4 Å². The van der Waals surface area contributed by atoms with Gasteiger partial charge in [0.05, 0.1) is 24.1 Å². The monoisotopic (exact) mass is 450 g/mol. The fraction of sp³-hybridized carbons (Fsp3) is 0.400. The number of rotatable bonds is 8. The highest BCUT2D eigenvalue weighted by molar-refractivity contribution is 8.00. The Balaban J connectivity index is 2.37. The number of hydrogen-bond acceptors (Lipinski definition) is 8. The molecule has 148 valence electrons. The first-order valence-corrected chi connectivity index (χ1v) is 12.0. The minimum atomic E-state index is -3.77. The van der Waals surface area contributed by atoms with Crippen LogP contribution in [0.2, 0.25) is 5.02 Å². The van der Waals surface area contributed by atoms with E-state index in [1.807, 2.05) is 6.26 Å². The number of carbonyl (C=O) groups excluding carboxylic acids is 1. The first-order valence-electron chi connectivity index (χ1n) is 7.72. The zero-order valence-corrected chi connectivity index (χ0v) is 18.3. The summed E-state index contributed by atoms with van der Waals surface area (Å²) in [6, 6.07) is 3.56. The number of hydrogen-bond donors (Lipinski definition) is 1. The molecule has 0 aliphatic heterocycles. The number of thioether (sulfide) groups is 1. The fourth-order valence-corrected chi connectivity index (χ4v) is 5.01. The predicted molar refractivity (Wildman–Crippen MR) is 110 cm³/mol. The standard InChI is InChI=1S/C15H19ClN4O4S3/c1-5-11(13(21)17-14-18-19-15(25-3)26-14)20(27(4,22)23)9-6-7-12(24-2)10(16)8-9/h6-8,11H,5H2,1-4H3,(H,17,18,21)/t11-/m1/s1. The van der Waals surface area contributed by atoms with Crippen LogP contribution >= 0.6 is 34.7 Å². The summed E-state index contributed by atoms with van der Waals surface area (Å²) in [5.41, 5.74) is 0.271. The van der Waals surface area contributed by atoms with E-state index in [9.17, 15) is 13.2 Å². The van der Waals surface area contributed by atoms with Gasteiger partial charge in [-0.1, -0.05) is 41.6 Å². The van der Waals surface area contributed by atoms with Crippen LogP contribution in [0.1, 0.15) is 13.3 Å². The first kappa shape index (κ1) is 21.7. The van der Waals surface area contributed by atoms with Gasteiger partial charge in [0.1, 0.15) is 11.8 Å². The van der Waals surface area contributed by atoms with Crippen LogP contribution in [0.5, 0.6) is 5.75 Å². The number of methoxy groups -OCH3 is 1. The Morgan fingerprint density at radius 3 is 2.63 bits per heavy atom. The molecule has 0 aliphatic rings. The lowest BCUT2D eigenvalue weighted by Crippen LogP contribution is -2.47. The number of ether oxygens (including phenoxy) is 1. The SMILES string of the molecule is CC[C@H](C(=O)Nc1nnc(SC)s1)N(c1ccc(OC)c(Cl)c1)S(C)(=O)=O. The fourth-order valence-electron chi connectivity index (χ4n) is 2.38. The number of amides is 1. The predicted octanol–water partition coefficient (Wildman–Crippen LogP) is 3.11. The second-order valence-corrected chi connectivity index (χ2v) is 9.67. The third-order valence-electron chi connectivity index (χ3n) is 3.53.